The number of alkyl carbamates (subject to hydrolysis) is 1. The Bertz CT molecular complexity index is 1350. The van der Waals surface area contributed by atoms with Crippen LogP contribution in [0.2, 0.25) is 0 Å². The second kappa shape index (κ2) is 10.6. The molecule has 0 bridgehead atoms. The zero-order valence-electron chi connectivity index (χ0n) is 21.6. The number of aliphatic imine (C=N–C) groups is 2. The van der Waals surface area contributed by atoms with E-state index in [4.69, 9.17) is 9.47 Å². The Morgan fingerprint density at radius 1 is 1.13 bits per heavy atom. The molecule has 0 saturated heterocycles. The summed E-state index contributed by atoms with van der Waals surface area (Å²) in [7, 11) is 1.17. The van der Waals surface area contributed by atoms with Gasteiger partial charge in [0.05, 0.1) is 26.4 Å². The fourth-order valence-corrected chi connectivity index (χ4v) is 4.39. The van der Waals surface area contributed by atoms with Crippen molar-refractivity contribution in [1.29, 1.82) is 0 Å². The van der Waals surface area contributed by atoms with Gasteiger partial charge in [0, 0.05) is 23.0 Å². The number of nitrogens with zero attached hydrogens (tertiary/aromatic N) is 3. The van der Waals surface area contributed by atoms with Crippen LogP contribution in [-0.2, 0) is 25.6 Å². The van der Waals surface area contributed by atoms with E-state index in [1.165, 1.54) is 42.6 Å². The summed E-state index contributed by atoms with van der Waals surface area (Å²) in [4.78, 5) is 49.8. The number of esters is 1. The summed E-state index contributed by atoms with van der Waals surface area (Å²) in [6.45, 7) is 5.23. The minimum Gasteiger partial charge on any atom is -0.467 e. The quantitative estimate of drug-likeness (QED) is 0.605. The summed E-state index contributed by atoms with van der Waals surface area (Å²) < 4.78 is 25.3. The van der Waals surface area contributed by atoms with Crippen molar-refractivity contribution < 1.29 is 28.2 Å². The van der Waals surface area contributed by atoms with Gasteiger partial charge in [0.2, 0.25) is 0 Å². The molecule has 2 aromatic carbocycles. The molecule has 2 aliphatic rings. The van der Waals surface area contributed by atoms with Crippen molar-refractivity contribution in [3.63, 3.8) is 0 Å². The highest BCUT2D eigenvalue weighted by Gasteiger charge is 2.50. The summed E-state index contributed by atoms with van der Waals surface area (Å²) >= 11 is 0. The third kappa shape index (κ3) is 5.49. The molecule has 10 heteroatoms. The number of fused-ring (bicyclic) bond motifs is 1. The number of carbonyl (C=O) groups is 3. The molecule has 2 heterocycles. The maximum atomic E-state index is 14.7. The van der Waals surface area contributed by atoms with Crippen molar-refractivity contribution in [3.05, 3.63) is 71.6 Å². The van der Waals surface area contributed by atoms with E-state index in [1.807, 2.05) is 12.1 Å². The van der Waals surface area contributed by atoms with Crippen LogP contribution >= 0.6 is 0 Å². The van der Waals surface area contributed by atoms with Crippen LogP contribution in [-0.4, -0.2) is 61.2 Å². The number of hydrogen-bond donors (Lipinski definition) is 1. The number of amides is 2. The highest BCUT2D eigenvalue weighted by atomic mass is 19.1. The lowest BCUT2D eigenvalue weighted by atomic mass is 9.83. The van der Waals surface area contributed by atoms with Crippen LogP contribution in [0.25, 0.3) is 5.57 Å². The van der Waals surface area contributed by atoms with Gasteiger partial charge in [-0.2, -0.15) is 0 Å². The highest BCUT2D eigenvalue weighted by molar-refractivity contribution is 6.33. The minimum atomic E-state index is -1.93. The molecule has 0 fully saturated rings. The summed E-state index contributed by atoms with van der Waals surface area (Å²) in [5.74, 6) is -1.80. The molecule has 2 atom stereocenters. The van der Waals surface area contributed by atoms with Gasteiger partial charge in [0.25, 0.3) is 5.91 Å². The third-order valence-corrected chi connectivity index (χ3v) is 6.09. The Labute approximate surface area is 220 Å². The van der Waals surface area contributed by atoms with Gasteiger partial charge in [-0.25, -0.2) is 14.0 Å². The number of para-hydroxylation sites is 1. The molecule has 2 unspecified atom stereocenters. The lowest BCUT2D eigenvalue weighted by Gasteiger charge is -2.39. The zero-order chi connectivity index (χ0) is 27.5. The molecule has 4 rings (SSSR count). The first kappa shape index (κ1) is 26.7. The highest BCUT2D eigenvalue weighted by Crippen LogP contribution is 2.32. The van der Waals surface area contributed by atoms with Crippen LogP contribution in [0.3, 0.4) is 0 Å². The fraction of sp³-hybridized carbons (Fsp3) is 0.321. The van der Waals surface area contributed by atoms with Gasteiger partial charge in [0.1, 0.15) is 17.5 Å². The first-order valence-electron chi connectivity index (χ1n) is 12.0. The van der Waals surface area contributed by atoms with E-state index < -0.39 is 41.0 Å². The maximum Gasteiger partial charge on any atom is 0.408 e. The number of carbonyl (C=O) groups excluding carboxylic acids is 3. The number of allylic oxidation sites excluding steroid dienone is 1. The molecule has 0 spiro atoms. The molecule has 0 radical (unpaired) electrons. The lowest BCUT2D eigenvalue weighted by molar-refractivity contribution is -0.147. The number of ether oxygens (including phenoxy) is 2. The molecule has 0 saturated carbocycles. The van der Waals surface area contributed by atoms with E-state index in [9.17, 15) is 18.8 Å². The largest absolute Gasteiger partial charge is 0.467 e. The number of dihydropyridines is 1. The van der Waals surface area contributed by atoms with E-state index in [0.29, 0.717) is 12.2 Å². The molecule has 38 heavy (non-hydrogen) atoms. The number of halogens is 1. The summed E-state index contributed by atoms with van der Waals surface area (Å²) in [5, 5.41) is 2.63. The number of benzene rings is 2. The lowest BCUT2D eigenvalue weighted by Crippen LogP contribution is -2.65. The smallest absolute Gasteiger partial charge is 0.408 e. The first-order valence-corrected chi connectivity index (χ1v) is 12.0. The Balaban J connectivity index is 1.83. The van der Waals surface area contributed by atoms with Gasteiger partial charge in [-0.1, -0.05) is 36.4 Å². The summed E-state index contributed by atoms with van der Waals surface area (Å²) in [6.07, 6.45) is 3.14. The molecule has 2 amide bonds. The van der Waals surface area contributed by atoms with Crippen LogP contribution in [0.1, 0.15) is 31.9 Å². The Morgan fingerprint density at radius 3 is 2.55 bits per heavy atom. The van der Waals surface area contributed by atoms with Crippen molar-refractivity contribution >= 4 is 41.7 Å². The van der Waals surface area contributed by atoms with Gasteiger partial charge >= 0.3 is 12.1 Å². The topological polar surface area (TPSA) is 110 Å². The van der Waals surface area contributed by atoms with E-state index in [1.54, 1.807) is 45.0 Å². The molecular weight excluding hydrogens is 491 g/mol. The number of hydrogen-bond acceptors (Lipinski definition) is 7. The van der Waals surface area contributed by atoms with Crippen molar-refractivity contribution in [1.82, 2.24) is 5.32 Å². The molecule has 2 aromatic rings. The van der Waals surface area contributed by atoms with E-state index >= 15 is 0 Å². The van der Waals surface area contributed by atoms with Gasteiger partial charge in [-0.15, -0.1) is 0 Å². The van der Waals surface area contributed by atoms with Gasteiger partial charge in [-0.3, -0.25) is 20.1 Å². The molecule has 1 N–H and O–H groups in total. The number of nitrogens with one attached hydrogen (secondary N) is 1. The Morgan fingerprint density at radius 2 is 1.84 bits per heavy atom. The monoisotopic (exact) mass is 520 g/mol. The van der Waals surface area contributed by atoms with Gasteiger partial charge in [-0.05, 0) is 44.5 Å². The molecule has 0 aromatic heterocycles. The van der Waals surface area contributed by atoms with Crippen LogP contribution in [0.4, 0.5) is 14.9 Å². The van der Waals surface area contributed by atoms with Crippen molar-refractivity contribution in [3.8, 4) is 0 Å². The molecule has 2 aliphatic heterocycles. The first-order chi connectivity index (χ1) is 18.0. The third-order valence-electron chi connectivity index (χ3n) is 6.09. The van der Waals surface area contributed by atoms with Crippen molar-refractivity contribution in [2.45, 2.75) is 44.5 Å². The van der Waals surface area contributed by atoms with Crippen LogP contribution in [0.5, 0.6) is 0 Å². The molecule has 9 nitrogen and oxygen atoms in total. The van der Waals surface area contributed by atoms with Crippen molar-refractivity contribution in [2.24, 2.45) is 9.98 Å². The molecular formula is C28H29FN4O5. The van der Waals surface area contributed by atoms with Crippen molar-refractivity contribution in [2.75, 3.05) is 18.6 Å². The molecule has 0 aliphatic carbocycles. The van der Waals surface area contributed by atoms with Crippen LogP contribution in [0.15, 0.2) is 64.6 Å². The summed E-state index contributed by atoms with van der Waals surface area (Å²) in [6, 6.07) is 12.2. The number of rotatable bonds is 5. The van der Waals surface area contributed by atoms with Gasteiger partial charge in [0.15, 0.2) is 5.54 Å². The van der Waals surface area contributed by atoms with E-state index in [-0.39, 0.29) is 17.7 Å². The Hall–Kier alpha value is -4.34. The zero-order valence-corrected chi connectivity index (χ0v) is 21.6. The van der Waals surface area contributed by atoms with Crippen LogP contribution < -0.4 is 10.2 Å². The minimum absolute atomic E-state index is 0.121. The normalized spacial score (nSPS) is 20.8. The standard InChI is InChI=1S/C28H29FN4O5/c1-27(2,3)38-26(36)32-28(25(35)37-4)13-19(20-10-6-7-11-21(20)29)15-31-23(28)17-33-22-12-8-5-9-18(22)14-30-16-24(33)34/h5-13,15-16,23H,14,17H2,1-4H3,(H,32,36). The number of anilines is 1. The Kier molecular flexibility index (Phi) is 7.43. The molecule has 198 valence electrons. The van der Waals surface area contributed by atoms with E-state index in [2.05, 4.69) is 15.3 Å². The van der Waals surface area contributed by atoms with E-state index in [0.717, 1.165) is 5.56 Å². The van der Waals surface area contributed by atoms with Crippen LogP contribution in [0, 0.1) is 5.82 Å². The predicted octanol–water partition coefficient (Wildman–Crippen LogP) is 3.72. The average molecular weight is 521 g/mol. The second-order valence-electron chi connectivity index (χ2n) is 9.91. The average Bonchev–Trinajstić information content (AvgIpc) is 3.02. The number of methoxy groups -OCH3 is 1. The van der Waals surface area contributed by atoms with Gasteiger partial charge < -0.3 is 14.4 Å². The fourth-order valence-electron chi connectivity index (χ4n) is 4.39. The maximum absolute atomic E-state index is 14.7. The summed E-state index contributed by atoms with van der Waals surface area (Å²) in [5.41, 5.74) is -0.960. The SMILES string of the molecule is COC(=O)C1(NC(=O)OC(C)(C)C)C=C(c2ccccc2F)C=NC1CN1C(=O)C=NCc2ccccc21. The second-order valence-corrected chi connectivity index (χ2v) is 9.91. The predicted molar refractivity (Wildman–Crippen MR) is 142 cm³/mol.